The number of aromatic nitrogens is 2. The standard InChI is InChI=1S/C24H21N3O8S2/c1-10-15(14-8-26-9-25-19(21(26)36-14)37(3,32)33)18(27-17(10)16(11(2)28)20(27)29)23(31)35-24-13-7-5-4-6-12(13)22(30)34-24/h4-11,16-17,24,28H,1-3H3/t10-,11+,16+,17+,24?/m0/s1. The van der Waals surface area contributed by atoms with Gasteiger partial charge in [0, 0.05) is 29.5 Å². The van der Waals surface area contributed by atoms with Gasteiger partial charge in [-0.1, -0.05) is 25.1 Å². The first kappa shape index (κ1) is 23.8. The molecule has 0 radical (unpaired) electrons. The van der Waals surface area contributed by atoms with Crippen molar-refractivity contribution >= 4 is 49.4 Å². The van der Waals surface area contributed by atoms with Crippen molar-refractivity contribution in [1.29, 1.82) is 0 Å². The summed E-state index contributed by atoms with van der Waals surface area (Å²) in [6.45, 7) is 3.36. The minimum atomic E-state index is -3.60. The van der Waals surface area contributed by atoms with Gasteiger partial charge in [-0.25, -0.2) is 23.0 Å². The summed E-state index contributed by atoms with van der Waals surface area (Å²) in [5.41, 5.74) is 1.16. The predicted molar refractivity (Wildman–Crippen MR) is 129 cm³/mol. The van der Waals surface area contributed by atoms with E-state index >= 15 is 0 Å². The van der Waals surface area contributed by atoms with Gasteiger partial charge in [-0.15, -0.1) is 11.3 Å². The Morgan fingerprint density at radius 1 is 1.27 bits per heavy atom. The van der Waals surface area contributed by atoms with Gasteiger partial charge >= 0.3 is 11.9 Å². The fraction of sp³-hybridized carbons (Fsp3) is 0.333. The van der Waals surface area contributed by atoms with Crippen molar-refractivity contribution in [3.8, 4) is 0 Å². The first-order valence-corrected chi connectivity index (χ1v) is 14.1. The summed E-state index contributed by atoms with van der Waals surface area (Å²) in [7, 11) is -3.60. The largest absolute Gasteiger partial charge is 0.417 e. The molecular weight excluding hydrogens is 522 g/mol. The maximum atomic E-state index is 13.6. The lowest BCUT2D eigenvalue weighted by Crippen LogP contribution is -2.63. The van der Waals surface area contributed by atoms with Gasteiger partial charge in [0.15, 0.2) is 14.9 Å². The van der Waals surface area contributed by atoms with Crippen LogP contribution in [0.1, 0.15) is 40.9 Å². The molecule has 5 heterocycles. The van der Waals surface area contributed by atoms with Crippen molar-refractivity contribution in [2.75, 3.05) is 6.26 Å². The molecule has 0 bridgehead atoms. The number of amides is 1. The molecule has 1 fully saturated rings. The molecule has 0 aliphatic carbocycles. The normalized spacial score (nSPS) is 25.7. The molecule has 3 aromatic rings. The minimum absolute atomic E-state index is 0.0156. The van der Waals surface area contributed by atoms with E-state index in [0.29, 0.717) is 20.8 Å². The Morgan fingerprint density at radius 3 is 2.70 bits per heavy atom. The van der Waals surface area contributed by atoms with E-state index in [1.54, 1.807) is 34.9 Å². The summed E-state index contributed by atoms with van der Waals surface area (Å²) in [5, 5.41) is 10.2. The molecule has 0 saturated carbocycles. The molecule has 13 heteroatoms. The number of hydrogen-bond donors (Lipinski definition) is 1. The Kier molecular flexibility index (Phi) is 5.13. The number of thiazole rings is 1. The second kappa shape index (κ2) is 7.97. The third kappa shape index (κ3) is 3.37. The number of β-lactam (4-membered cyclic amide) rings is 1. The number of aliphatic hydroxyl groups excluding tert-OH is 1. The fourth-order valence-electron chi connectivity index (χ4n) is 5.39. The van der Waals surface area contributed by atoms with Gasteiger partial charge in [-0.05, 0) is 13.0 Å². The third-order valence-electron chi connectivity index (χ3n) is 7.02. The summed E-state index contributed by atoms with van der Waals surface area (Å²) in [5.74, 6) is -2.99. The molecule has 1 unspecified atom stereocenters. The zero-order chi connectivity index (χ0) is 26.4. The first-order chi connectivity index (χ1) is 17.5. The van der Waals surface area contributed by atoms with Crippen LogP contribution in [-0.2, 0) is 28.9 Å². The van der Waals surface area contributed by atoms with E-state index in [1.807, 2.05) is 6.92 Å². The van der Waals surface area contributed by atoms with Crippen molar-refractivity contribution in [2.45, 2.75) is 37.3 Å². The monoisotopic (exact) mass is 543 g/mol. The molecule has 0 spiro atoms. The highest BCUT2D eigenvalue weighted by molar-refractivity contribution is 7.91. The summed E-state index contributed by atoms with van der Waals surface area (Å²) in [6, 6.07) is 6.06. The predicted octanol–water partition coefficient (Wildman–Crippen LogP) is 1.78. The van der Waals surface area contributed by atoms with Crippen molar-refractivity contribution in [3.05, 3.63) is 58.5 Å². The summed E-state index contributed by atoms with van der Waals surface area (Å²) in [4.78, 5) is 45.1. The Balaban J connectivity index is 1.45. The van der Waals surface area contributed by atoms with Crippen LogP contribution >= 0.6 is 11.3 Å². The molecule has 2 aromatic heterocycles. The van der Waals surface area contributed by atoms with Crippen LogP contribution in [0.2, 0.25) is 0 Å². The molecule has 1 amide bonds. The summed E-state index contributed by atoms with van der Waals surface area (Å²) >= 11 is 1.12. The van der Waals surface area contributed by atoms with Crippen LogP contribution in [0.3, 0.4) is 0 Å². The van der Waals surface area contributed by atoms with Gasteiger partial charge in [-0.2, -0.15) is 0 Å². The number of aliphatic hydroxyl groups is 1. The van der Waals surface area contributed by atoms with Crippen LogP contribution in [0.15, 0.2) is 47.5 Å². The molecule has 192 valence electrons. The van der Waals surface area contributed by atoms with Crippen LogP contribution in [0, 0.1) is 11.8 Å². The maximum Gasteiger partial charge on any atom is 0.358 e. The number of imidazole rings is 1. The van der Waals surface area contributed by atoms with E-state index < -0.39 is 52.0 Å². The van der Waals surface area contributed by atoms with E-state index in [9.17, 15) is 27.9 Å². The van der Waals surface area contributed by atoms with Crippen LogP contribution in [0.4, 0.5) is 0 Å². The van der Waals surface area contributed by atoms with E-state index in [2.05, 4.69) is 4.98 Å². The second-order valence-corrected chi connectivity index (χ2v) is 12.3. The van der Waals surface area contributed by atoms with Gasteiger partial charge in [0.25, 0.3) is 6.29 Å². The van der Waals surface area contributed by atoms with Crippen LogP contribution in [-0.4, -0.2) is 64.1 Å². The zero-order valence-electron chi connectivity index (χ0n) is 19.8. The van der Waals surface area contributed by atoms with Crippen molar-refractivity contribution < 1.29 is 37.4 Å². The number of hydrogen-bond acceptors (Lipinski definition) is 10. The quantitative estimate of drug-likeness (QED) is 0.376. The van der Waals surface area contributed by atoms with E-state index in [1.165, 1.54) is 18.2 Å². The Hall–Kier alpha value is -3.55. The van der Waals surface area contributed by atoms with Gasteiger partial charge in [0.05, 0.1) is 28.5 Å². The smallest absolute Gasteiger partial charge is 0.358 e. The zero-order valence-corrected chi connectivity index (χ0v) is 21.4. The molecule has 3 aliphatic heterocycles. The minimum Gasteiger partial charge on any atom is -0.417 e. The molecule has 3 aliphatic rings. The Labute approximate surface area is 214 Å². The van der Waals surface area contributed by atoms with Crippen molar-refractivity contribution in [1.82, 2.24) is 14.3 Å². The number of benzene rings is 1. The van der Waals surface area contributed by atoms with Crippen molar-refractivity contribution in [2.24, 2.45) is 11.8 Å². The number of sulfone groups is 1. The highest BCUT2D eigenvalue weighted by atomic mass is 32.2. The molecule has 1 aromatic carbocycles. The number of esters is 2. The SMILES string of the molecule is C[C@@H](O)[C@H]1C(=O)N2C(C(=O)OC3OC(=O)c4ccccc43)=C(c3cn4cnc(S(C)(=O)=O)c4s3)[C@H](C)[C@H]12. The molecule has 37 heavy (non-hydrogen) atoms. The molecule has 1 N–H and O–H groups in total. The lowest BCUT2D eigenvalue weighted by atomic mass is 9.77. The van der Waals surface area contributed by atoms with Crippen LogP contribution in [0.25, 0.3) is 10.4 Å². The van der Waals surface area contributed by atoms with Gasteiger partial charge in [0.1, 0.15) is 16.9 Å². The molecule has 11 nitrogen and oxygen atoms in total. The molecule has 6 rings (SSSR count). The number of nitrogens with zero attached hydrogens (tertiary/aromatic N) is 3. The van der Waals surface area contributed by atoms with E-state index in [0.717, 1.165) is 17.6 Å². The van der Waals surface area contributed by atoms with Gasteiger partial charge < -0.3 is 19.5 Å². The lowest BCUT2D eigenvalue weighted by molar-refractivity contribution is -0.173. The van der Waals surface area contributed by atoms with Crippen molar-refractivity contribution in [3.63, 3.8) is 0 Å². The summed E-state index contributed by atoms with van der Waals surface area (Å²) in [6.07, 6.45) is 1.88. The number of carbonyl (C=O) groups excluding carboxylic acids is 3. The Morgan fingerprint density at radius 2 is 2.00 bits per heavy atom. The lowest BCUT2D eigenvalue weighted by Gasteiger charge is -2.46. The number of cyclic esters (lactones) is 1. The van der Waals surface area contributed by atoms with Gasteiger partial charge in [-0.3, -0.25) is 9.20 Å². The van der Waals surface area contributed by atoms with Crippen LogP contribution < -0.4 is 0 Å². The topological polar surface area (TPSA) is 145 Å². The number of ether oxygens (including phenoxy) is 2. The Bertz CT molecular complexity index is 1650. The maximum absolute atomic E-state index is 13.6. The van der Waals surface area contributed by atoms with E-state index in [4.69, 9.17) is 9.47 Å². The molecular formula is C24H21N3O8S2. The first-order valence-electron chi connectivity index (χ1n) is 11.4. The molecule has 5 atom stereocenters. The van der Waals surface area contributed by atoms with Crippen LogP contribution in [0.5, 0.6) is 0 Å². The average Bonchev–Trinajstić information content (AvgIpc) is 3.53. The summed E-state index contributed by atoms with van der Waals surface area (Å²) < 4.78 is 36.8. The number of fused-ring (bicyclic) bond motifs is 3. The number of rotatable bonds is 5. The highest BCUT2D eigenvalue weighted by Crippen LogP contribution is 2.52. The second-order valence-electron chi connectivity index (χ2n) is 9.38. The number of carbonyl (C=O) groups is 3. The third-order valence-corrected chi connectivity index (χ3v) is 9.30. The average molecular weight is 544 g/mol. The highest BCUT2D eigenvalue weighted by Gasteiger charge is 2.60. The fourth-order valence-corrected chi connectivity index (χ4v) is 7.75. The molecule has 1 saturated heterocycles. The van der Waals surface area contributed by atoms with E-state index in [-0.39, 0.29) is 22.2 Å². The van der Waals surface area contributed by atoms with Gasteiger partial charge in [0.2, 0.25) is 5.91 Å².